The zero-order chi connectivity index (χ0) is 21.9. The number of hydrogen-bond donors (Lipinski definition) is 2. The van der Waals surface area contributed by atoms with Crippen molar-refractivity contribution in [2.75, 3.05) is 0 Å². The second-order valence-electron chi connectivity index (χ2n) is 7.44. The predicted molar refractivity (Wildman–Crippen MR) is 108 cm³/mol. The highest BCUT2D eigenvalue weighted by molar-refractivity contribution is 5.92. The Labute approximate surface area is 173 Å². The van der Waals surface area contributed by atoms with Gasteiger partial charge in [0.05, 0.1) is 17.6 Å². The van der Waals surface area contributed by atoms with Crippen LogP contribution < -0.4 is 10.6 Å². The van der Waals surface area contributed by atoms with E-state index in [1.54, 1.807) is 19.1 Å². The standard InChI is InChI=1S/C23H23F3N2O2/c1-14(17-4-3-5-19(13-17)23(24,25)26)27-22(30)11-7-16-6-9-20-18(12-16)8-10-21(20)28-15(2)29/h3-7,9,11-14,21H,8,10H2,1-2H3,(H,27,30)(H,28,29)/b11-7+. The average Bonchev–Trinajstić information content (AvgIpc) is 3.07. The zero-order valence-electron chi connectivity index (χ0n) is 16.7. The Balaban J connectivity index is 1.63. The summed E-state index contributed by atoms with van der Waals surface area (Å²) in [4.78, 5) is 23.5. The van der Waals surface area contributed by atoms with Crippen LogP contribution >= 0.6 is 0 Å². The van der Waals surface area contributed by atoms with E-state index in [0.717, 1.165) is 41.7 Å². The van der Waals surface area contributed by atoms with E-state index in [9.17, 15) is 22.8 Å². The summed E-state index contributed by atoms with van der Waals surface area (Å²) < 4.78 is 38.6. The molecule has 30 heavy (non-hydrogen) atoms. The molecule has 0 heterocycles. The number of rotatable bonds is 5. The summed E-state index contributed by atoms with van der Waals surface area (Å²) in [5.74, 6) is -0.458. The number of carbonyl (C=O) groups is 2. The van der Waals surface area contributed by atoms with Crippen LogP contribution in [0.2, 0.25) is 0 Å². The molecule has 0 bridgehead atoms. The van der Waals surface area contributed by atoms with E-state index in [1.165, 1.54) is 19.1 Å². The fourth-order valence-electron chi connectivity index (χ4n) is 3.64. The summed E-state index contributed by atoms with van der Waals surface area (Å²) in [6.07, 6.45) is 0.302. The van der Waals surface area contributed by atoms with E-state index >= 15 is 0 Å². The van der Waals surface area contributed by atoms with Gasteiger partial charge in [-0.15, -0.1) is 0 Å². The lowest BCUT2D eigenvalue weighted by Gasteiger charge is -2.15. The summed E-state index contributed by atoms with van der Waals surface area (Å²) >= 11 is 0. The molecule has 2 unspecified atom stereocenters. The molecule has 4 nitrogen and oxygen atoms in total. The van der Waals surface area contributed by atoms with E-state index in [0.29, 0.717) is 5.56 Å². The van der Waals surface area contributed by atoms with Gasteiger partial charge in [0.15, 0.2) is 0 Å². The Morgan fingerprint density at radius 1 is 1.17 bits per heavy atom. The molecule has 2 aromatic carbocycles. The lowest BCUT2D eigenvalue weighted by atomic mass is 10.0. The van der Waals surface area contributed by atoms with E-state index in [1.807, 2.05) is 18.2 Å². The molecule has 1 aliphatic carbocycles. The van der Waals surface area contributed by atoms with Gasteiger partial charge in [-0.1, -0.05) is 30.3 Å². The van der Waals surface area contributed by atoms with Gasteiger partial charge in [-0.3, -0.25) is 9.59 Å². The van der Waals surface area contributed by atoms with Crippen molar-refractivity contribution in [2.24, 2.45) is 0 Å². The van der Waals surface area contributed by atoms with Gasteiger partial charge in [0.1, 0.15) is 0 Å². The van der Waals surface area contributed by atoms with Gasteiger partial charge in [-0.25, -0.2) is 0 Å². The van der Waals surface area contributed by atoms with Crippen LogP contribution in [0.1, 0.15) is 60.2 Å². The first kappa shape index (κ1) is 21.6. The number of nitrogens with one attached hydrogen (secondary N) is 2. The molecule has 158 valence electrons. The molecule has 0 radical (unpaired) electrons. The van der Waals surface area contributed by atoms with Crippen molar-refractivity contribution >= 4 is 17.9 Å². The summed E-state index contributed by atoms with van der Waals surface area (Å²) in [5, 5.41) is 5.61. The maximum Gasteiger partial charge on any atom is 0.416 e. The van der Waals surface area contributed by atoms with Crippen molar-refractivity contribution in [3.63, 3.8) is 0 Å². The fraction of sp³-hybridized carbons (Fsp3) is 0.304. The van der Waals surface area contributed by atoms with Gasteiger partial charge in [-0.2, -0.15) is 13.2 Å². The first-order chi connectivity index (χ1) is 14.1. The molecule has 2 aromatic rings. The number of benzene rings is 2. The normalized spacial score (nSPS) is 16.9. The number of halogens is 3. The van der Waals surface area contributed by atoms with Crippen LogP contribution in [0.4, 0.5) is 13.2 Å². The molecule has 1 aliphatic rings. The molecule has 0 aliphatic heterocycles. The number of alkyl halides is 3. The minimum absolute atomic E-state index is 0.0205. The highest BCUT2D eigenvalue weighted by Gasteiger charge is 2.30. The van der Waals surface area contributed by atoms with Crippen molar-refractivity contribution in [3.8, 4) is 0 Å². The fourth-order valence-corrected chi connectivity index (χ4v) is 3.64. The minimum atomic E-state index is -4.42. The Hall–Kier alpha value is -3.09. The Bertz CT molecular complexity index is 983. The van der Waals surface area contributed by atoms with Crippen LogP contribution in [0.15, 0.2) is 48.5 Å². The highest BCUT2D eigenvalue weighted by Crippen LogP contribution is 2.32. The first-order valence-electron chi connectivity index (χ1n) is 9.69. The SMILES string of the molecule is CC(=O)NC1CCc2cc(/C=C/C(=O)NC(C)c3cccc(C(F)(F)F)c3)ccc21. The molecule has 3 rings (SSSR count). The summed E-state index contributed by atoms with van der Waals surface area (Å²) in [6, 6.07) is 10.2. The third kappa shape index (κ3) is 5.28. The summed E-state index contributed by atoms with van der Waals surface area (Å²) in [6.45, 7) is 3.13. The summed E-state index contributed by atoms with van der Waals surface area (Å²) in [5.41, 5.74) is 2.71. The summed E-state index contributed by atoms with van der Waals surface area (Å²) in [7, 11) is 0. The molecule has 2 amide bonds. The Morgan fingerprint density at radius 3 is 2.63 bits per heavy atom. The van der Waals surface area contributed by atoms with Gasteiger partial charge in [0.25, 0.3) is 0 Å². The largest absolute Gasteiger partial charge is 0.416 e. The van der Waals surface area contributed by atoms with Crippen LogP contribution in [0.5, 0.6) is 0 Å². The lowest BCUT2D eigenvalue weighted by molar-refractivity contribution is -0.137. The number of aryl methyl sites for hydroxylation is 1. The maximum atomic E-state index is 12.9. The number of carbonyl (C=O) groups excluding carboxylic acids is 2. The van der Waals surface area contributed by atoms with Gasteiger partial charge >= 0.3 is 6.18 Å². The molecule has 0 saturated carbocycles. The first-order valence-corrected chi connectivity index (χ1v) is 9.69. The predicted octanol–water partition coefficient (Wildman–Crippen LogP) is 4.72. The monoisotopic (exact) mass is 416 g/mol. The van der Waals surface area contributed by atoms with Gasteiger partial charge < -0.3 is 10.6 Å². The number of hydrogen-bond acceptors (Lipinski definition) is 2. The van der Waals surface area contributed by atoms with Gasteiger partial charge in [-0.05, 0) is 60.2 Å². The van der Waals surface area contributed by atoms with Crippen LogP contribution in [0.3, 0.4) is 0 Å². The second kappa shape index (κ2) is 8.73. The number of amides is 2. The zero-order valence-corrected chi connectivity index (χ0v) is 16.7. The Kier molecular flexibility index (Phi) is 6.29. The highest BCUT2D eigenvalue weighted by atomic mass is 19.4. The van der Waals surface area contributed by atoms with Crippen molar-refractivity contribution in [1.29, 1.82) is 0 Å². The average molecular weight is 416 g/mol. The molecule has 0 fully saturated rings. The molecular formula is C23H23F3N2O2. The topological polar surface area (TPSA) is 58.2 Å². The number of fused-ring (bicyclic) bond motifs is 1. The van der Waals surface area contributed by atoms with Crippen LogP contribution in [0, 0.1) is 0 Å². The second-order valence-corrected chi connectivity index (χ2v) is 7.44. The van der Waals surface area contributed by atoms with Crippen LogP contribution in [-0.4, -0.2) is 11.8 Å². The third-order valence-corrected chi connectivity index (χ3v) is 5.12. The molecule has 2 N–H and O–H groups in total. The van der Waals surface area contributed by atoms with Crippen LogP contribution in [-0.2, 0) is 22.2 Å². The third-order valence-electron chi connectivity index (χ3n) is 5.12. The molecular weight excluding hydrogens is 393 g/mol. The van der Waals surface area contributed by atoms with Crippen molar-refractivity contribution in [3.05, 3.63) is 76.4 Å². The van der Waals surface area contributed by atoms with Gasteiger partial charge in [0, 0.05) is 13.0 Å². The van der Waals surface area contributed by atoms with Crippen molar-refractivity contribution < 1.29 is 22.8 Å². The van der Waals surface area contributed by atoms with E-state index in [2.05, 4.69) is 10.6 Å². The lowest BCUT2D eigenvalue weighted by Crippen LogP contribution is -2.25. The quantitative estimate of drug-likeness (QED) is 0.693. The molecule has 0 spiro atoms. The van der Waals surface area contributed by atoms with E-state index in [4.69, 9.17) is 0 Å². The van der Waals surface area contributed by atoms with E-state index in [-0.39, 0.29) is 11.9 Å². The Morgan fingerprint density at radius 2 is 1.93 bits per heavy atom. The molecule has 7 heteroatoms. The smallest absolute Gasteiger partial charge is 0.350 e. The van der Waals surface area contributed by atoms with E-state index < -0.39 is 23.7 Å². The molecule has 0 saturated heterocycles. The molecule has 2 atom stereocenters. The van der Waals surface area contributed by atoms with Gasteiger partial charge in [0.2, 0.25) is 11.8 Å². The van der Waals surface area contributed by atoms with Crippen molar-refractivity contribution in [1.82, 2.24) is 10.6 Å². The maximum absolute atomic E-state index is 12.9. The van der Waals surface area contributed by atoms with Crippen LogP contribution in [0.25, 0.3) is 6.08 Å². The minimum Gasteiger partial charge on any atom is -0.350 e. The molecule has 0 aromatic heterocycles. The van der Waals surface area contributed by atoms with Crippen molar-refractivity contribution in [2.45, 2.75) is 44.9 Å².